The Morgan fingerprint density at radius 1 is 1.56 bits per heavy atom. The van der Waals surface area contributed by atoms with E-state index >= 15 is 0 Å². The summed E-state index contributed by atoms with van der Waals surface area (Å²) in [6, 6.07) is 4.77. The first-order valence-electron chi connectivity index (χ1n) is 5.64. The Bertz CT molecular complexity index is 422. The summed E-state index contributed by atoms with van der Waals surface area (Å²) >= 11 is 1.57. The van der Waals surface area contributed by atoms with Crippen LogP contribution in [0.4, 0.5) is 11.4 Å². The Morgan fingerprint density at radius 3 is 2.72 bits per heavy atom. The monoisotopic (exact) mass is 270 g/mol. The summed E-state index contributed by atoms with van der Waals surface area (Å²) in [6.07, 6.45) is 1.93. The molecule has 6 heteroatoms. The third-order valence-corrected chi connectivity index (χ3v) is 4.02. The topological polar surface area (TPSA) is 75.4 Å². The van der Waals surface area contributed by atoms with Gasteiger partial charge in [0.15, 0.2) is 0 Å². The number of rotatable bonds is 6. The molecule has 0 aliphatic rings. The van der Waals surface area contributed by atoms with Crippen LogP contribution in [0.2, 0.25) is 0 Å². The second-order valence-corrected chi connectivity index (χ2v) is 5.22. The molecule has 0 fully saturated rings. The molecule has 5 nitrogen and oxygen atoms in total. The fourth-order valence-corrected chi connectivity index (χ4v) is 2.28. The molecule has 2 atom stereocenters. The van der Waals surface area contributed by atoms with Gasteiger partial charge in [0.2, 0.25) is 0 Å². The number of anilines is 1. The minimum atomic E-state index is -0.409. The van der Waals surface area contributed by atoms with Crippen molar-refractivity contribution < 1.29 is 10.0 Å². The number of aliphatic hydroxyl groups is 1. The Hall–Kier alpha value is -1.27. The van der Waals surface area contributed by atoms with E-state index in [0.29, 0.717) is 0 Å². The number of hydrogen-bond acceptors (Lipinski definition) is 5. The largest absolute Gasteiger partial charge is 0.395 e. The fraction of sp³-hybridized carbons (Fsp3) is 0.500. The molecule has 100 valence electrons. The average Bonchev–Trinajstić information content (AvgIpc) is 2.33. The summed E-state index contributed by atoms with van der Waals surface area (Å²) in [5, 5.41) is 23.2. The van der Waals surface area contributed by atoms with Gasteiger partial charge in [0, 0.05) is 29.1 Å². The molecule has 0 spiro atoms. The van der Waals surface area contributed by atoms with Crippen molar-refractivity contribution in [3.63, 3.8) is 0 Å². The summed E-state index contributed by atoms with van der Waals surface area (Å²) < 4.78 is 0. The van der Waals surface area contributed by atoms with Crippen LogP contribution in [0.5, 0.6) is 0 Å². The molecule has 0 aliphatic heterocycles. The molecule has 2 unspecified atom stereocenters. The number of non-ortho nitro benzene ring substituents is 1. The van der Waals surface area contributed by atoms with Crippen LogP contribution in [0.3, 0.4) is 0 Å². The third-order valence-electron chi connectivity index (χ3n) is 2.86. The lowest BCUT2D eigenvalue weighted by Crippen LogP contribution is -2.31. The molecule has 1 aromatic rings. The number of aryl methyl sites for hydroxylation is 1. The predicted molar refractivity (Wildman–Crippen MR) is 75.3 cm³/mol. The molecule has 0 aliphatic carbocycles. The van der Waals surface area contributed by atoms with Crippen LogP contribution in [0.15, 0.2) is 18.2 Å². The minimum Gasteiger partial charge on any atom is -0.395 e. The highest BCUT2D eigenvalue weighted by atomic mass is 32.2. The molecule has 0 saturated heterocycles. The molecule has 0 bridgehead atoms. The summed E-state index contributed by atoms with van der Waals surface area (Å²) in [4.78, 5) is 10.3. The first kappa shape index (κ1) is 14.8. The molecule has 0 radical (unpaired) electrons. The normalized spacial score (nSPS) is 14.0. The average molecular weight is 270 g/mol. The smallest absolute Gasteiger partial charge is 0.271 e. The number of thioether (sulfide) groups is 1. The lowest BCUT2D eigenvalue weighted by atomic mass is 10.1. The predicted octanol–water partition coefficient (Wildman–Crippen LogP) is 2.43. The van der Waals surface area contributed by atoms with Gasteiger partial charge in [0.25, 0.3) is 5.69 Å². The first-order chi connectivity index (χ1) is 8.49. The van der Waals surface area contributed by atoms with E-state index in [1.807, 2.05) is 20.1 Å². The van der Waals surface area contributed by atoms with Gasteiger partial charge in [0.05, 0.1) is 11.5 Å². The lowest BCUT2D eigenvalue weighted by Gasteiger charge is -2.23. The van der Waals surface area contributed by atoms with Crippen molar-refractivity contribution in [3.8, 4) is 0 Å². The van der Waals surface area contributed by atoms with Gasteiger partial charge in [0.1, 0.15) is 0 Å². The number of aliphatic hydroxyl groups excluding tert-OH is 1. The van der Waals surface area contributed by atoms with E-state index in [2.05, 4.69) is 5.32 Å². The molecule has 1 rings (SSSR count). The van der Waals surface area contributed by atoms with E-state index in [1.54, 1.807) is 17.8 Å². The van der Waals surface area contributed by atoms with E-state index in [0.717, 1.165) is 11.3 Å². The van der Waals surface area contributed by atoms with E-state index in [4.69, 9.17) is 0 Å². The van der Waals surface area contributed by atoms with Gasteiger partial charge in [-0.1, -0.05) is 6.07 Å². The summed E-state index contributed by atoms with van der Waals surface area (Å²) in [7, 11) is 0. The SMILES string of the molecule is CSC(CO)C(C)Nc1cc([N+](=O)[O-])ccc1C. The van der Waals surface area contributed by atoms with Crippen molar-refractivity contribution in [2.75, 3.05) is 18.2 Å². The van der Waals surface area contributed by atoms with Gasteiger partial charge in [-0.2, -0.15) is 11.8 Å². The maximum atomic E-state index is 10.7. The number of nitrogens with one attached hydrogen (secondary N) is 1. The van der Waals surface area contributed by atoms with Crippen LogP contribution >= 0.6 is 11.8 Å². The molecular weight excluding hydrogens is 252 g/mol. The van der Waals surface area contributed by atoms with E-state index < -0.39 is 4.92 Å². The van der Waals surface area contributed by atoms with Crippen molar-refractivity contribution in [1.29, 1.82) is 0 Å². The summed E-state index contributed by atoms with van der Waals surface area (Å²) in [5.74, 6) is 0. The van der Waals surface area contributed by atoms with Gasteiger partial charge in [-0.25, -0.2) is 0 Å². The quantitative estimate of drug-likeness (QED) is 0.613. The van der Waals surface area contributed by atoms with E-state index in [1.165, 1.54) is 12.1 Å². The van der Waals surface area contributed by atoms with Gasteiger partial charge >= 0.3 is 0 Å². The molecule has 0 saturated carbocycles. The van der Waals surface area contributed by atoms with Crippen LogP contribution in [-0.2, 0) is 0 Å². The molecule has 0 amide bonds. The highest BCUT2D eigenvalue weighted by molar-refractivity contribution is 7.99. The zero-order chi connectivity index (χ0) is 13.7. The number of nitro groups is 1. The third kappa shape index (κ3) is 3.61. The second kappa shape index (κ2) is 6.61. The van der Waals surface area contributed by atoms with Crippen molar-refractivity contribution in [2.45, 2.75) is 25.1 Å². The molecule has 2 N–H and O–H groups in total. The van der Waals surface area contributed by atoms with Crippen LogP contribution in [0.25, 0.3) is 0 Å². The van der Waals surface area contributed by atoms with Gasteiger partial charge in [-0.3, -0.25) is 10.1 Å². The number of nitrogens with zero attached hydrogens (tertiary/aromatic N) is 1. The minimum absolute atomic E-state index is 0.0331. The first-order valence-corrected chi connectivity index (χ1v) is 6.93. The Balaban J connectivity index is 2.89. The molecule has 0 heterocycles. The Kier molecular flexibility index (Phi) is 5.43. The second-order valence-electron chi connectivity index (χ2n) is 4.15. The number of hydrogen-bond donors (Lipinski definition) is 2. The van der Waals surface area contributed by atoms with Crippen molar-refractivity contribution in [3.05, 3.63) is 33.9 Å². The number of nitro benzene ring substituents is 1. The zero-order valence-electron chi connectivity index (χ0n) is 10.7. The van der Waals surface area contributed by atoms with Crippen molar-refractivity contribution in [2.24, 2.45) is 0 Å². The van der Waals surface area contributed by atoms with Crippen LogP contribution in [0, 0.1) is 17.0 Å². The lowest BCUT2D eigenvalue weighted by molar-refractivity contribution is -0.384. The molecule has 18 heavy (non-hydrogen) atoms. The summed E-state index contributed by atoms with van der Waals surface area (Å²) in [6.45, 7) is 3.92. The van der Waals surface area contributed by atoms with Gasteiger partial charge in [-0.05, 0) is 25.7 Å². The number of benzene rings is 1. The maximum Gasteiger partial charge on any atom is 0.271 e. The van der Waals surface area contributed by atoms with Gasteiger partial charge < -0.3 is 10.4 Å². The van der Waals surface area contributed by atoms with E-state index in [9.17, 15) is 15.2 Å². The Morgan fingerprint density at radius 2 is 2.22 bits per heavy atom. The zero-order valence-corrected chi connectivity index (χ0v) is 11.5. The highest BCUT2D eigenvalue weighted by Gasteiger charge is 2.17. The summed E-state index contributed by atoms with van der Waals surface area (Å²) in [5.41, 5.74) is 1.76. The molecule has 1 aromatic carbocycles. The maximum absolute atomic E-state index is 10.7. The van der Waals surface area contributed by atoms with Crippen LogP contribution in [-0.4, -0.2) is 34.2 Å². The van der Waals surface area contributed by atoms with Crippen molar-refractivity contribution >= 4 is 23.1 Å². The highest BCUT2D eigenvalue weighted by Crippen LogP contribution is 2.24. The van der Waals surface area contributed by atoms with Crippen molar-refractivity contribution in [1.82, 2.24) is 0 Å². The standard InChI is InChI=1S/C12H18N2O3S/c1-8-4-5-10(14(16)17)6-11(8)13-9(2)12(7-15)18-3/h4-6,9,12-13,15H,7H2,1-3H3. The molecular formula is C12H18N2O3S. The molecule has 0 aromatic heterocycles. The van der Waals surface area contributed by atoms with Gasteiger partial charge in [-0.15, -0.1) is 0 Å². The Labute approximate surface area is 111 Å². The van der Waals surface area contributed by atoms with E-state index in [-0.39, 0.29) is 23.6 Å². The fourth-order valence-electron chi connectivity index (χ4n) is 1.65. The van der Waals surface area contributed by atoms with Crippen LogP contribution in [0.1, 0.15) is 12.5 Å². The van der Waals surface area contributed by atoms with Crippen LogP contribution < -0.4 is 5.32 Å².